The lowest BCUT2D eigenvalue weighted by Crippen LogP contribution is -2.11. The van der Waals surface area contributed by atoms with Crippen molar-refractivity contribution in [1.29, 1.82) is 0 Å². The Morgan fingerprint density at radius 2 is 1.88 bits per heavy atom. The minimum absolute atomic E-state index is 0.0647. The van der Waals surface area contributed by atoms with Gasteiger partial charge in [-0.3, -0.25) is 4.79 Å². The predicted octanol–water partition coefficient (Wildman–Crippen LogP) is 2.86. The van der Waals surface area contributed by atoms with Gasteiger partial charge in [-0.15, -0.1) is 0 Å². The summed E-state index contributed by atoms with van der Waals surface area (Å²) >= 11 is 0. The van der Waals surface area contributed by atoms with Crippen molar-refractivity contribution in [1.82, 2.24) is 4.98 Å². The molecular formula is C11H8F3NO. The van der Waals surface area contributed by atoms with Crippen molar-refractivity contribution in [3.63, 3.8) is 0 Å². The van der Waals surface area contributed by atoms with Crippen molar-refractivity contribution < 1.29 is 13.2 Å². The number of rotatable bonds is 0. The summed E-state index contributed by atoms with van der Waals surface area (Å²) in [4.78, 5) is 13.7. The van der Waals surface area contributed by atoms with E-state index in [4.69, 9.17) is 0 Å². The first-order valence-electron chi connectivity index (χ1n) is 4.59. The fraction of sp³-hybridized carbons (Fsp3) is 0.182. The molecule has 2 nitrogen and oxygen atoms in total. The Labute approximate surface area is 88.7 Å². The first-order valence-corrected chi connectivity index (χ1v) is 4.59. The largest absolute Gasteiger partial charge is 0.417 e. The molecule has 1 aromatic carbocycles. The molecule has 0 aliphatic carbocycles. The van der Waals surface area contributed by atoms with Gasteiger partial charge in [0.2, 0.25) is 0 Å². The van der Waals surface area contributed by atoms with E-state index in [1.54, 1.807) is 0 Å². The molecule has 0 aliphatic rings. The van der Waals surface area contributed by atoms with Crippen LogP contribution < -0.4 is 5.56 Å². The number of alkyl halides is 3. The van der Waals surface area contributed by atoms with E-state index in [1.807, 2.05) is 0 Å². The molecule has 0 amide bonds. The van der Waals surface area contributed by atoms with Gasteiger partial charge in [-0.05, 0) is 30.7 Å². The van der Waals surface area contributed by atoms with Crippen molar-refractivity contribution in [3.8, 4) is 0 Å². The van der Waals surface area contributed by atoms with Gasteiger partial charge in [0.05, 0.1) is 5.56 Å². The quantitative estimate of drug-likeness (QED) is 0.737. The van der Waals surface area contributed by atoms with Crippen LogP contribution in [0, 0.1) is 6.92 Å². The van der Waals surface area contributed by atoms with E-state index in [2.05, 4.69) is 4.98 Å². The zero-order valence-electron chi connectivity index (χ0n) is 8.35. The van der Waals surface area contributed by atoms with Gasteiger partial charge >= 0.3 is 6.18 Å². The van der Waals surface area contributed by atoms with Crippen LogP contribution in [-0.4, -0.2) is 4.98 Å². The Kier molecular flexibility index (Phi) is 2.26. The maximum Gasteiger partial charge on any atom is 0.417 e. The van der Waals surface area contributed by atoms with E-state index in [0.717, 1.165) is 6.07 Å². The molecule has 1 aromatic heterocycles. The summed E-state index contributed by atoms with van der Waals surface area (Å²) in [6.45, 7) is 1.53. The van der Waals surface area contributed by atoms with Crippen LogP contribution in [0.4, 0.5) is 13.2 Å². The molecule has 2 rings (SSSR count). The highest BCUT2D eigenvalue weighted by Crippen LogP contribution is 2.34. The smallest absolute Gasteiger partial charge is 0.329 e. The number of benzene rings is 1. The summed E-state index contributed by atoms with van der Waals surface area (Å²) in [7, 11) is 0. The second-order valence-corrected chi connectivity index (χ2v) is 3.58. The van der Waals surface area contributed by atoms with E-state index in [1.165, 1.54) is 25.3 Å². The van der Waals surface area contributed by atoms with Crippen molar-refractivity contribution >= 4 is 10.8 Å². The zero-order chi connectivity index (χ0) is 11.9. The monoisotopic (exact) mass is 227 g/mol. The maximum atomic E-state index is 12.7. The van der Waals surface area contributed by atoms with Gasteiger partial charge in [-0.1, -0.05) is 0 Å². The average Bonchev–Trinajstić information content (AvgIpc) is 2.17. The third kappa shape index (κ3) is 1.68. The topological polar surface area (TPSA) is 32.9 Å². The number of aryl methyl sites for hydroxylation is 1. The summed E-state index contributed by atoms with van der Waals surface area (Å²) < 4.78 is 38.2. The van der Waals surface area contributed by atoms with Gasteiger partial charge in [-0.2, -0.15) is 13.2 Å². The van der Waals surface area contributed by atoms with E-state index >= 15 is 0 Å². The number of H-pyrrole nitrogens is 1. The molecule has 0 saturated carbocycles. The van der Waals surface area contributed by atoms with Crippen molar-refractivity contribution in [2.45, 2.75) is 13.1 Å². The van der Waals surface area contributed by atoms with E-state index in [-0.39, 0.29) is 10.8 Å². The lowest BCUT2D eigenvalue weighted by Gasteiger charge is -2.10. The second-order valence-electron chi connectivity index (χ2n) is 3.58. The lowest BCUT2D eigenvalue weighted by atomic mass is 10.0. The highest BCUT2D eigenvalue weighted by molar-refractivity contribution is 5.85. The van der Waals surface area contributed by atoms with Gasteiger partial charge < -0.3 is 4.98 Å². The SMILES string of the molecule is Cc1cc(C(F)(F)F)c2cc[nH]c(=O)c2c1. The van der Waals surface area contributed by atoms with Gasteiger partial charge in [0.25, 0.3) is 5.56 Å². The number of hydrogen-bond donors (Lipinski definition) is 1. The van der Waals surface area contributed by atoms with Crippen molar-refractivity contribution in [2.24, 2.45) is 0 Å². The number of aromatic amines is 1. The average molecular weight is 227 g/mol. The molecule has 84 valence electrons. The summed E-state index contributed by atoms with van der Waals surface area (Å²) in [6, 6.07) is 3.75. The number of halogens is 3. The summed E-state index contributed by atoms with van der Waals surface area (Å²) in [5, 5.41) is -0.00308. The first-order chi connectivity index (χ1) is 7.39. The molecule has 0 unspecified atom stereocenters. The Morgan fingerprint density at radius 1 is 1.19 bits per heavy atom. The van der Waals surface area contributed by atoms with Crippen LogP contribution in [0.1, 0.15) is 11.1 Å². The molecule has 0 bridgehead atoms. The molecule has 0 saturated heterocycles. The normalized spacial score (nSPS) is 12.0. The lowest BCUT2D eigenvalue weighted by molar-refractivity contribution is -0.136. The van der Waals surface area contributed by atoms with E-state index in [0.29, 0.717) is 5.56 Å². The van der Waals surface area contributed by atoms with E-state index < -0.39 is 17.3 Å². The highest BCUT2D eigenvalue weighted by Gasteiger charge is 2.32. The van der Waals surface area contributed by atoms with Crippen LogP contribution in [0.3, 0.4) is 0 Å². The van der Waals surface area contributed by atoms with Gasteiger partial charge in [0, 0.05) is 17.0 Å². The molecule has 0 fully saturated rings. The molecule has 1 N–H and O–H groups in total. The summed E-state index contributed by atoms with van der Waals surface area (Å²) in [6.07, 6.45) is -3.23. The number of fused-ring (bicyclic) bond motifs is 1. The van der Waals surface area contributed by atoms with Crippen LogP contribution in [0.5, 0.6) is 0 Å². The molecule has 1 heterocycles. The van der Waals surface area contributed by atoms with Crippen molar-refractivity contribution in [3.05, 3.63) is 45.9 Å². The highest BCUT2D eigenvalue weighted by atomic mass is 19.4. The summed E-state index contributed by atoms with van der Waals surface area (Å²) in [5.41, 5.74) is -0.864. The van der Waals surface area contributed by atoms with Crippen LogP contribution in [-0.2, 0) is 6.18 Å². The molecule has 0 atom stereocenters. The Morgan fingerprint density at radius 3 is 2.50 bits per heavy atom. The minimum Gasteiger partial charge on any atom is -0.329 e. The van der Waals surface area contributed by atoms with Gasteiger partial charge in [-0.25, -0.2) is 0 Å². The third-order valence-electron chi connectivity index (χ3n) is 2.34. The van der Waals surface area contributed by atoms with Crippen molar-refractivity contribution in [2.75, 3.05) is 0 Å². The Balaban J connectivity index is 2.95. The van der Waals surface area contributed by atoms with Crippen LogP contribution in [0.25, 0.3) is 10.8 Å². The molecule has 2 aromatic rings. The molecule has 16 heavy (non-hydrogen) atoms. The van der Waals surface area contributed by atoms with Gasteiger partial charge in [0.1, 0.15) is 0 Å². The molecule has 0 aliphatic heterocycles. The zero-order valence-corrected chi connectivity index (χ0v) is 8.35. The third-order valence-corrected chi connectivity index (χ3v) is 2.34. The maximum absolute atomic E-state index is 12.7. The summed E-state index contributed by atoms with van der Waals surface area (Å²) in [5.74, 6) is 0. The molecular weight excluding hydrogens is 219 g/mol. The fourth-order valence-corrected chi connectivity index (χ4v) is 1.68. The second kappa shape index (κ2) is 3.37. The predicted molar refractivity (Wildman–Crippen MR) is 54.3 cm³/mol. The number of pyridine rings is 1. The minimum atomic E-state index is -4.45. The number of aromatic nitrogens is 1. The Bertz CT molecular complexity index is 598. The van der Waals surface area contributed by atoms with Gasteiger partial charge in [0.15, 0.2) is 0 Å². The molecule has 0 radical (unpaired) electrons. The van der Waals surface area contributed by atoms with Crippen LogP contribution in [0.15, 0.2) is 29.2 Å². The standard InChI is InChI=1S/C11H8F3NO/c1-6-4-8-7(2-3-15-10(8)16)9(5-6)11(12,13)14/h2-5H,1H3,(H,15,16). The molecule has 0 spiro atoms. The first kappa shape index (κ1) is 10.7. The molecule has 5 heteroatoms. The van der Waals surface area contributed by atoms with Crippen LogP contribution in [0.2, 0.25) is 0 Å². The van der Waals surface area contributed by atoms with Crippen LogP contribution >= 0.6 is 0 Å². The fourth-order valence-electron chi connectivity index (χ4n) is 1.68. The van der Waals surface area contributed by atoms with E-state index in [9.17, 15) is 18.0 Å². The number of nitrogens with one attached hydrogen (secondary N) is 1. The number of hydrogen-bond acceptors (Lipinski definition) is 1. The Hall–Kier alpha value is -1.78.